The number of hydrogen-bond acceptors (Lipinski definition) is 4. The predicted molar refractivity (Wildman–Crippen MR) is 210 cm³/mol. The van der Waals surface area contributed by atoms with Gasteiger partial charge in [0.15, 0.2) is 0 Å². The van der Waals surface area contributed by atoms with E-state index in [9.17, 15) is 10.5 Å². The Morgan fingerprint density at radius 3 is 1.78 bits per heavy atom. The Hall–Kier alpha value is -6.44. The summed E-state index contributed by atoms with van der Waals surface area (Å²) in [5.74, 6) is 0. The summed E-state index contributed by atoms with van der Waals surface area (Å²) in [5, 5.41) is 29.0. The number of nitrogens with zero attached hydrogens (tertiary/aromatic N) is 4. The first-order valence-electron chi connectivity index (χ1n) is 16.4. The summed E-state index contributed by atoms with van der Waals surface area (Å²) in [6.45, 7) is 0. The molecule has 4 nitrogen and oxygen atoms in total. The third-order valence-electron chi connectivity index (χ3n) is 10.2. The molecule has 0 bridgehead atoms. The molecular formula is C44H22N4S2. The van der Waals surface area contributed by atoms with Crippen LogP contribution in [-0.4, -0.2) is 9.13 Å². The SMILES string of the molecule is N#Cc1ccc2c(c1)c1ccccc1n2-c1ccc2sc3ccc(-n4c5ccccc5c5ccc6c7cccc(C#N)c7sc6c54)cc3c2c1. The second-order valence-corrected chi connectivity index (χ2v) is 14.9. The molecule has 50 heavy (non-hydrogen) atoms. The molecule has 0 fully saturated rings. The number of fused-ring (bicyclic) bond motifs is 13. The Labute approximate surface area is 293 Å². The van der Waals surface area contributed by atoms with E-state index in [-0.39, 0.29) is 0 Å². The van der Waals surface area contributed by atoms with Crippen molar-refractivity contribution in [2.45, 2.75) is 0 Å². The van der Waals surface area contributed by atoms with E-state index >= 15 is 0 Å². The van der Waals surface area contributed by atoms with Gasteiger partial charge in [-0.15, -0.1) is 22.7 Å². The van der Waals surface area contributed by atoms with Gasteiger partial charge >= 0.3 is 0 Å². The normalized spacial score (nSPS) is 12.0. The highest BCUT2D eigenvalue weighted by molar-refractivity contribution is 7.27. The minimum absolute atomic E-state index is 0.663. The van der Waals surface area contributed by atoms with Gasteiger partial charge in [-0.2, -0.15) is 10.5 Å². The summed E-state index contributed by atoms with van der Waals surface area (Å²) in [6.07, 6.45) is 0. The molecule has 0 aliphatic carbocycles. The van der Waals surface area contributed by atoms with E-state index in [0.717, 1.165) is 54.3 Å². The van der Waals surface area contributed by atoms with Crippen LogP contribution in [0.4, 0.5) is 0 Å². The predicted octanol–water partition coefficient (Wildman–Crippen LogP) is 12.4. The first-order chi connectivity index (χ1) is 24.7. The van der Waals surface area contributed by atoms with Crippen LogP contribution in [0.1, 0.15) is 11.1 Å². The zero-order valence-electron chi connectivity index (χ0n) is 26.3. The standard InChI is InChI=1S/C44H22N4S2/c45-23-25-12-17-39-34(20-25)30-8-2-3-10-37(30)47(39)27-13-18-40-35(21-27)36-22-28(14-19-41(36)49-40)48-38-11-4-1-7-29(38)31-15-16-33-32-9-5-6-26(24-46)43(32)50-44(33)42(31)48/h1-22H. The topological polar surface area (TPSA) is 57.4 Å². The van der Waals surface area contributed by atoms with Crippen molar-refractivity contribution >= 4 is 107 Å². The minimum Gasteiger partial charge on any atom is -0.309 e. The fraction of sp³-hybridized carbons (Fsp3) is 0. The van der Waals surface area contributed by atoms with Crippen LogP contribution in [0.2, 0.25) is 0 Å². The van der Waals surface area contributed by atoms with Crippen molar-refractivity contribution in [1.29, 1.82) is 10.5 Å². The van der Waals surface area contributed by atoms with Gasteiger partial charge in [-0.3, -0.25) is 0 Å². The molecule has 11 rings (SSSR count). The van der Waals surface area contributed by atoms with Gasteiger partial charge in [0.2, 0.25) is 0 Å². The molecule has 11 aromatic rings. The highest BCUT2D eigenvalue weighted by Gasteiger charge is 2.20. The van der Waals surface area contributed by atoms with Gasteiger partial charge in [0, 0.05) is 63.9 Å². The van der Waals surface area contributed by atoms with E-state index in [2.05, 4.69) is 130 Å². The third kappa shape index (κ3) is 3.61. The van der Waals surface area contributed by atoms with Crippen molar-refractivity contribution in [2.75, 3.05) is 0 Å². The lowest BCUT2D eigenvalue weighted by Crippen LogP contribution is -1.94. The van der Waals surface area contributed by atoms with Gasteiger partial charge < -0.3 is 9.13 Å². The lowest BCUT2D eigenvalue weighted by atomic mass is 10.1. The molecular weight excluding hydrogens is 649 g/mol. The molecule has 4 aromatic heterocycles. The molecule has 7 aromatic carbocycles. The highest BCUT2D eigenvalue weighted by atomic mass is 32.1. The number of para-hydroxylation sites is 2. The average molecular weight is 671 g/mol. The van der Waals surface area contributed by atoms with Crippen LogP contribution in [0.5, 0.6) is 0 Å². The molecule has 230 valence electrons. The molecule has 0 spiro atoms. The van der Waals surface area contributed by atoms with Crippen molar-refractivity contribution < 1.29 is 0 Å². The monoisotopic (exact) mass is 670 g/mol. The summed E-state index contributed by atoms with van der Waals surface area (Å²) in [5.41, 5.74) is 8.13. The van der Waals surface area contributed by atoms with E-state index in [0.29, 0.717) is 5.56 Å². The molecule has 0 aliphatic heterocycles. The molecule has 0 N–H and O–H groups in total. The molecule has 0 radical (unpaired) electrons. The number of hydrogen-bond donors (Lipinski definition) is 0. The number of benzene rings is 7. The molecule has 6 heteroatoms. The molecule has 0 unspecified atom stereocenters. The van der Waals surface area contributed by atoms with E-state index < -0.39 is 0 Å². The van der Waals surface area contributed by atoms with E-state index in [1.165, 1.54) is 46.5 Å². The summed E-state index contributed by atoms with van der Waals surface area (Å²) in [4.78, 5) is 0. The van der Waals surface area contributed by atoms with Crippen molar-refractivity contribution in [3.05, 3.63) is 145 Å². The van der Waals surface area contributed by atoms with Crippen LogP contribution in [0, 0.1) is 22.7 Å². The number of rotatable bonds is 2. The minimum atomic E-state index is 0.663. The maximum absolute atomic E-state index is 9.93. The summed E-state index contributed by atoms with van der Waals surface area (Å²) in [7, 11) is 0. The van der Waals surface area contributed by atoms with E-state index in [4.69, 9.17) is 0 Å². The number of aromatic nitrogens is 2. The van der Waals surface area contributed by atoms with Gasteiger partial charge in [0.05, 0.1) is 48.7 Å². The van der Waals surface area contributed by atoms with E-state index in [1.54, 1.807) is 11.3 Å². The van der Waals surface area contributed by atoms with Crippen molar-refractivity contribution in [3.63, 3.8) is 0 Å². The second kappa shape index (κ2) is 10.0. The Bertz CT molecular complexity index is 3360. The first-order valence-corrected chi connectivity index (χ1v) is 18.0. The summed E-state index contributed by atoms with van der Waals surface area (Å²) < 4.78 is 9.45. The van der Waals surface area contributed by atoms with Crippen molar-refractivity contribution in [2.24, 2.45) is 0 Å². The van der Waals surface area contributed by atoms with Crippen molar-refractivity contribution in [3.8, 4) is 23.5 Å². The van der Waals surface area contributed by atoms with Crippen molar-refractivity contribution in [1.82, 2.24) is 9.13 Å². The highest BCUT2D eigenvalue weighted by Crippen LogP contribution is 2.45. The summed E-state index contributed by atoms with van der Waals surface area (Å²) >= 11 is 3.54. The van der Waals surface area contributed by atoms with Crippen LogP contribution in [0.15, 0.2) is 133 Å². The van der Waals surface area contributed by atoms with E-state index in [1.807, 2.05) is 35.6 Å². The zero-order valence-corrected chi connectivity index (χ0v) is 27.9. The number of nitriles is 2. The maximum atomic E-state index is 9.93. The lowest BCUT2D eigenvalue weighted by molar-refractivity contribution is 1.19. The Morgan fingerprint density at radius 1 is 0.420 bits per heavy atom. The third-order valence-corrected chi connectivity index (χ3v) is 12.6. The quantitative estimate of drug-likeness (QED) is 0.184. The second-order valence-electron chi connectivity index (χ2n) is 12.7. The fourth-order valence-corrected chi connectivity index (χ4v) is 10.4. The molecule has 4 heterocycles. The van der Waals surface area contributed by atoms with Crippen LogP contribution < -0.4 is 0 Å². The molecule has 0 aliphatic rings. The summed E-state index contributed by atoms with van der Waals surface area (Å²) in [6, 6.07) is 51.9. The van der Waals surface area contributed by atoms with Crippen LogP contribution in [0.3, 0.4) is 0 Å². The Balaban J connectivity index is 1.19. The Kier molecular flexibility index (Phi) is 5.52. The molecule has 0 saturated heterocycles. The lowest BCUT2D eigenvalue weighted by Gasteiger charge is -2.10. The smallest absolute Gasteiger partial charge is 0.101 e. The van der Waals surface area contributed by atoms with Crippen LogP contribution >= 0.6 is 22.7 Å². The zero-order chi connectivity index (χ0) is 33.1. The average Bonchev–Trinajstić information content (AvgIpc) is 3.91. The Morgan fingerprint density at radius 2 is 1.04 bits per heavy atom. The van der Waals surface area contributed by atoms with Gasteiger partial charge in [-0.05, 0) is 72.8 Å². The molecule has 0 saturated carbocycles. The van der Waals surface area contributed by atoms with Crippen LogP contribution in [-0.2, 0) is 0 Å². The number of thiophene rings is 2. The largest absolute Gasteiger partial charge is 0.309 e. The molecule has 0 atom stereocenters. The first kappa shape index (κ1) is 27.5. The van der Waals surface area contributed by atoms with Crippen LogP contribution in [0.25, 0.3) is 95.3 Å². The van der Waals surface area contributed by atoms with Gasteiger partial charge in [0.1, 0.15) is 6.07 Å². The maximum Gasteiger partial charge on any atom is 0.101 e. The fourth-order valence-electron chi connectivity index (χ4n) is 8.01. The van der Waals surface area contributed by atoms with Gasteiger partial charge in [0.25, 0.3) is 0 Å². The van der Waals surface area contributed by atoms with Gasteiger partial charge in [-0.25, -0.2) is 0 Å². The van der Waals surface area contributed by atoms with Gasteiger partial charge in [-0.1, -0.05) is 60.7 Å². The molecule has 0 amide bonds.